The number of rotatable bonds is 4. The smallest absolute Gasteiger partial charge is 0.0992 e. The summed E-state index contributed by atoms with van der Waals surface area (Å²) in [5.41, 5.74) is 2.27. The molecule has 0 fully saturated rings. The number of benzene rings is 2. The van der Waals surface area contributed by atoms with Gasteiger partial charge in [-0.25, -0.2) is 0 Å². The molecule has 4 heteroatoms. The number of nitrogens with one attached hydrogen (secondary N) is 1. The van der Waals surface area contributed by atoms with E-state index in [1.165, 1.54) is 0 Å². The first kappa shape index (κ1) is 13.6. The van der Waals surface area contributed by atoms with E-state index in [1.54, 1.807) is 12.1 Å². The zero-order valence-electron chi connectivity index (χ0n) is 10.2. The van der Waals surface area contributed by atoms with E-state index in [4.69, 9.17) is 5.26 Å². The Bertz CT molecular complexity index is 607. The summed E-state index contributed by atoms with van der Waals surface area (Å²) in [6.45, 7) is 0.394. The average Bonchev–Trinajstić information content (AvgIpc) is 2.45. The van der Waals surface area contributed by atoms with Gasteiger partial charge in [0, 0.05) is 16.7 Å². The molecule has 0 aliphatic heterocycles. The van der Waals surface area contributed by atoms with E-state index >= 15 is 0 Å². The van der Waals surface area contributed by atoms with Crippen LogP contribution in [0.1, 0.15) is 17.2 Å². The molecule has 19 heavy (non-hydrogen) atoms. The maximum Gasteiger partial charge on any atom is 0.0992 e. The fourth-order valence-electron chi connectivity index (χ4n) is 1.74. The Hall–Kier alpha value is -1.83. The van der Waals surface area contributed by atoms with E-state index in [9.17, 15) is 5.11 Å². The second kappa shape index (κ2) is 6.37. The number of anilines is 1. The highest BCUT2D eigenvalue weighted by molar-refractivity contribution is 9.10. The number of nitriles is 1. The Morgan fingerprint density at radius 2 is 2.00 bits per heavy atom. The van der Waals surface area contributed by atoms with Gasteiger partial charge in [0.25, 0.3) is 0 Å². The zero-order chi connectivity index (χ0) is 13.7. The summed E-state index contributed by atoms with van der Waals surface area (Å²) in [4.78, 5) is 0. The first-order valence-corrected chi connectivity index (χ1v) is 6.66. The molecule has 0 bridgehead atoms. The van der Waals surface area contributed by atoms with Gasteiger partial charge in [0.05, 0.1) is 17.7 Å². The summed E-state index contributed by atoms with van der Waals surface area (Å²) >= 11 is 3.38. The van der Waals surface area contributed by atoms with Gasteiger partial charge in [-0.1, -0.05) is 34.1 Å². The van der Waals surface area contributed by atoms with Crippen molar-refractivity contribution >= 4 is 21.6 Å². The fraction of sp³-hybridized carbons (Fsp3) is 0.133. The third-order valence-corrected chi connectivity index (χ3v) is 3.22. The number of hydrogen-bond acceptors (Lipinski definition) is 3. The highest BCUT2D eigenvalue weighted by Crippen LogP contribution is 2.19. The summed E-state index contributed by atoms with van der Waals surface area (Å²) in [5, 5.41) is 22.0. The third kappa shape index (κ3) is 3.82. The minimum atomic E-state index is -0.594. The monoisotopic (exact) mass is 316 g/mol. The van der Waals surface area contributed by atoms with Crippen LogP contribution in [0.15, 0.2) is 53.0 Å². The molecule has 0 aliphatic carbocycles. The molecule has 0 heterocycles. The molecule has 3 nitrogen and oxygen atoms in total. The van der Waals surface area contributed by atoms with Crippen LogP contribution in [-0.2, 0) is 0 Å². The Balaban J connectivity index is 2.00. The Morgan fingerprint density at radius 1 is 1.21 bits per heavy atom. The van der Waals surface area contributed by atoms with E-state index in [0.717, 1.165) is 15.7 Å². The van der Waals surface area contributed by atoms with E-state index in [0.29, 0.717) is 12.1 Å². The SMILES string of the molecule is N#Cc1cccc(NCC(O)c2cccc(Br)c2)c1. The molecular weight excluding hydrogens is 304 g/mol. The van der Waals surface area contributed by atoms with E-state index in [-0.39, 0.29) is 0 Å². The average molecular weight is 317 g/mol. The third-order valence-electron chi connectivity index (χ3n) is 2.72. The summed E-state index contributed by atoms with van der Waals surface area (Å²) in [7, 11) is 0. The standard InChI is InChI=1S/C15H13BrN2O/c16-13-5-2-4-12(8-13)15(19)10-18-14-6-1-3-11(7-14)9-17/h1-8,15,18-19H,10H2. The van der Waals surface area contributed by atoms with Gasteiger partial charge in [0.1, 0.15) is 0 Å². The second-order valence-corrected chi connectivity index (χ2v) is 5.06. The quantitative estimate of drug-likeness (QED) is 0.908. The van der Waals surface area contributed by atoms with Crippen molar-refractivity contribution in [2.24, 2.45) is 0 Å². The molecule has 2 rings (SSSR count). The van der Waals surface area contributed by atoms with Crippen LogP contribution in [0.3, 0.4) is 0 Å². The van der Waals surface area contributed by atoms with Crippen LogP contribution in [0.2, 0.25) is 0 Å². The van der Waals surface area contributed by atoms with Crippen molar-refractivity contribution in [1.29, 1.82) is 5.26 Å². The van der Waals surface area contributed by atoms with Crippen molar-refractivity contribution in [1.82, 2.24) is 0 Å². The topological polar surface area (TPSA) is 56.0 Å². The second-order valence-electron chi connectivity index (χ2n) is 4.14. The molecule has 1 unspecified atom stereocenters. The van der Waals surface area contributed by atoms with Crippen LogP contribution in [-0.4, -0.2) is 11.7 Å². The number of hydrogen-bond donors (Lipinski definition) is 2. The van der Waals surface area contributed by atoms with Crippen LogP contribution >= 0.6 is 15.9 Å². The molecule has 2 N–H and O–H groups in total. The fourth-order valence-corrected chi connectivity index (χ4v) is 2.16. The number of nitrogens with zero attached hydrogens (tertiary/aromatic N) is 1. The van der Waals surface area contributed by atoms with E-state index in [2.05, 4.69) is 27.3 Å². The predicted molar refractivity (Wildman–Crippen MR) is 78.7 cm³/mol. The lowest BCUT2D eigenvalue weighted by molar-refractivity contribution is 0.191. The number of halogens is 1. The van der Waals surface area contributed by atoms with Gasteiger partial charge in [0.15, 0.2) is 0 Å². The summed E-state index contributed by atoms with van der Waals surface area (Å²) in [6.07, 6.45) is -0.594. The number of aliphatic hydroxyl groups is 1. The lowest BCUT2D eigenvalue weighted by Gasteiger charge is -2.13. The van der Waals surface area contributed by atoms with Gasteiger partial charge in [-0.05, 0) is 35.9 Å². The summed E-state index contributed by atoms with van der Waals surface area (Å²) < 4.78 is 0.940. The largest absolute Gasteiger partial charge is 0.387 e. The van der Waals surface area contributed by atoms with Crippen LogP contribution in [0.5, 0.6) is 0 Å². The summed E-state index contributed by atoms with van der Waals surface area (Å²) in [5.74, 6) is 0. The molecule has 2 aromatic carbocycles. The van der Waals surface area contributed by atoms with Gasteiger partial charge < -0.3 is 10.4 Å². The highest BCUT2D eigenvalue weighted by atomic mass is 79.9. The van der Waals surface area contributed by atoms with Crippen molar-refractivity contribution in [2.45, 2.75) is 6.10 Å². The van der Waals surface area contributed by atoms with Crippen LogP contribution in [0.25, 0.3) is 0 Å². The maximum atomic E-state index is 10.1. The van der Waals surface area contributed by atoms with Crippen LogP contribution in [0, 0.1) is 11.3 Å². The van der Waals surface area contributed by atoms with E-state index < -0.39 is 6.10 Å². The van der Waals surface area contributed by atoms with Crippen molar-refractivity contribution in [3.05, 3.63) is 64.1 Å². The Labute approximate surface area is 120 Å². The zero-order valence-corrected chi connectivity index (χ0v) is 11.8. The van der Waals surface area contributed by atoms with Gasteiger partial charge in [-0.2, -0.15) is 5.26 Å². The summed E-state index contributed by atoms with van der Waals surface area (Å²) in [6, 6.07) is 16.8. The Morgan fingerprint density at radius 3 is 2.74 bits per heavy atom. The molecular formula is C15H13BrN2O. The van der Waals surface area contributed by atoms with Gasteiger partial charge >= 0.3 is 0 Å². The van der Waals surface area contributed by atoms with Crippen LogP contribution < -0.4 is 5.32 Å². The molecule has 2 aromatic rings. The normalized spacial score (nSPS) is 11.6. The Kier molecular flexibility index (Phi) is 4.56. The molecule has 0 amide bonds. The number of aliphatic hydroxyl groups excluding tert-OH is 1. The van der Waals surface area contributed by atoms with E-state index in [1.807, 2.05) is 36.4 Å². The van der Waals surface area contributed by atoms with Crippen molar-refractivity contribution in [3.8, 4) is 6.07 Å². The first-order valence-electron chi connectivity index (χ1n) is 5.86. The van der Waals surface area contributed by atoms with Gasteiger partial charge in [0.2, 0.25) is 0 Å². The predicted octanol–water partition coefficient (Wildman–Crippen LogP) is 3.47. The van der Waals surface area contributed by atoms with Crippen molar-refractivity contribution < 1.29 is 5.11 Å². The molecule has 0 spiro atoms. The maximum absolute atomic E-state index is 10.1. The highest BCUT2D eigenvalue weighted by Gasteiger charge is 2.07. The van der Waals surface area contributed by atoms with Crippen LogP contribution in [0.4, 0.5) is 5.69 Å². The molecule has 0 aliphatic rings. The molecule has 1 atom stereocenters. The van der Waals surface area contributed by atoms with Gasteiger partial charge in [-0.3, -0.25) is 0 Å². The lowest BCUT2D eigenvalue weighted by atomic mass is 10.1. The van der Waals surface area contributed by atoms with Gasteiger partial charge in [-0.15, -0.1) is 0 Å². The van der Waals surface area contributed by atoms with Crippen molar-refractivity contribution in [2.75, 3.05) is 11.9 Å². The molecule has 0 saturated carbocycles. The lowest BCUT2D eigenvalue weighted by Crippen LogP contribution is -2.12. The molecule has 0 radical (unpaired) electrons. The van der Waals surface area contributed by atoms with Crippen molar-refractivity contribution in [3.63, 3.8) is 0 Å². The minimum absolute atomic E-state index is 0.394. The first-order chi connectivity index (χ1) is 9.19. The minimum Gasteiger partial charge on any atom is -0.387 e. The molecule has 96 valence electrons. The molecule has 0 saturated heterocycles. The molecule has 0 aromatic heterocycles.